The van der Waals surface area contributed by atoms with Crippen molar-refractivity contribution in [1.29, 1.82) is 0 Å². The molecule has 1 N–H and O–H groups in total. The highest BCUT2D eigenvalue weighted by atomic mass is 16.5. The molecule has 4 nitrogen and oxygen atoms in total. The summed E-state index contributed by atoms with van der Waals surface area (Å²) in [4.78, 5) is 16.1. The summed E-state index contributed by atoms with van der Waals surface area (Å²) in [5, 5.41) is 2.93. The highest BCUT2D eigenvalue weighted by molar-refractivity contribution is 5.78. The molecule has 0 aliphatic heterocycles. The standard InChI is InChI=1S/C17H20N2O2/c1-21-16-9-7-14(8-10-16)13-17(20)19-12-4-6-15-5-2-3-11-18-15/h2-3,5,7-11H,4,6,12-13H2,1H3,(H,19,20). The number of rotatable bonds is 7. The van der Waals surface area contributed by atoms with Crippen molar-refractivity contribution in [1.82, 2.24) is 10.3 Å². The Morgan fingerprint density at radius 3 is 2.67 bits per heavy atom. The number of nitrogens with one attached hydrogen (secondary N) is 1. The van der Waals surface area contributed by atoms with Gasteiger partial charge in [-0.15, -0.1) is 0 Å². The molecule has 0 bridgehead atoms. The summed E-state index contributed by atoms with van der Waals surface area (Å²) in [5.41, 5.74) is 2.04. The molecule has 0 saturated carbocycles. The normalized spacial score (nSPS) is 10.1. The highest BCUT2D eigenvalue weighted by Gasteiger charge is 2.03. The maximum Gasteiger partial charge on any atom is 0.224 e. The van der Waals surface area contributed by atoms with Gasteiger partial charge in [-0.2, -0.15) is 0 Å². The summed E-state index contributed by atoms with van der Waals surface area (Å²) in [5.74, 6) is 0.843. The molecule has 0 spiro atoms. The lowest BCUT2D eigenvalue weighted by Crippen LogP contribution is -2.26. The van der Waals surface area contributed by atoms with Gasteiger partial charge in [0.2, 0.25) is 5.91 Å². The number of aromatic nitrogens is 1. The van der Waals surface area contributed by atoms with Crippen LogP contribution in [0, 0.1) is 0 Å². The van der Waals surface area contributed by atoms with Gasteiger partial charge in [-0.1, -0.05) is 18.2 Å². The Bertz CT molecular complexity index is 553. The van der Waals surface area contributed by atoms with Crippen LogP contribution < -0.4 is 10.1 Å². The van der Waals surface area contributed by atoms with Gasteiger partial charge in [0.15, 0.2) is 0 Å². The van der Waals surface area contributed by atoms with Crippen LogP contribution in [0.1, 0.15) is 17.7 Å². The van der Waals surface area contributed by atoms with Gasteiger partial charge in [0.25, 0.3) is 0 Å². The Morgan fingerprint density at radius 1 is 1.19 bits per heavy atom. The monoisotopic (exact) mass is 284 g/mol. The number of hydrogen-bond acceptors (Lipinski definition) is 3. The summed E-state index contributed by atoms with van der Waals surface area (Å²) >= 11 is 0. The Kier molecular flexibility index (Phi) is 5.76. The number of benzene rings is 1. The largest absolute Gasteiger partial charge is 0.497 e. The fourth-order valence-electron chi connectivity index (χ4n) is 2.03. The molecule has 110 valence electrons. The number of carbonyl (C=O) groups excluding carboxylic acids is 1. The lowest BCUT2D eigenvalue weighted by atomic mass is 10.1. The molecule has 4 heteroatoms. The van der Waals surface area contributed by atoms with Gasteiger partial charge in [-0.3, -0.25) is 9.78 Å². The Labute approximate surface area is 125 Å². The Morgan fingerprint density at radius 2 is 2.00 bits per heavy atom. The van der Waals surface area contributed by atoms with E-state index in [4.69, 9.17) is 4.74 Å². The van der Waals surface area contributed by atoms with Crippen molar-refractivity contribution in [3.8, 4) is 5.75 Å². The van der Waals surface area contributed by atoms with Crippen LogP contribution in [-0.2, 0) is 17.6 Å². The minimum atomic E-state index is 0.0428. The molecule has 1 aromatic carbocycles. The zero-order valence-electron chi connectivity index (χ0n) is 12.2. The summed E-state index contributed by atoms with van der Waals surface area (Å²) in [6, 6.07) is 13.4. The molecule has 0 aliphatic carbocycles. The summed E-state index contributed by atoms with van der Waals surface area (Å²) < 4.78 is 5.09. The summed E-state index contributed by atoms with van der Waals surface area (Å²) in [7, 11) is 1.63. The van der Waals surface area contributed by atoms with E-state index in [1.165, 1.54) is 0 Å². The zero-order chi connectivity index (χ0) is 14.9. The number of carbonyl (C=O) groups is 1. The molecule has 1 amide bonds. The SMILES string of the molecule is COc1ccc(CC(=O)NCCCc2ccccn2)cc1. The molecule has 0 aliphatic rings. The predicted octanol–water partition coefficient (Wildman–Crippen LogP) is 2.38. The van der Waals surface area contributed by atoms with E-state index < -0.39 is 0 Å². The molecule has 2 aromatic rings. The van der Waals surface area contributed by atoms with Crippen molar-refractivity contribution in [3.63, 3.8) is 0 Å². The molecule has 0 saturated heterocycles. The minimum absolute atomic E-state index is 0.0428. The number of nitrogens with zero attached hydrogens (tertiary/aromatic N) is 1. The molecular formula is C17H20N2O2. The summed E-state index contributed by atoms with van der Waals surface area (Å²) in [6.45, 7) is 0.672. The molecule has 1 aromatic heterocycles. The van der Waals surface area contributed by atoms with Crippen LogP contribution in [0.3, 0.4) is 0 Å². The van der Waals surface area contributed by atoms with Crippen molar-refractivity contribution < 1.29 is 9.53 Å². The van der Waals surface area contributed by atoms with Gasteiger partial charge >= 0.3 is 0 Å². The first-order valence-corrected chi connectivity index (χ1v) is 7.07. The lowest BCUT2D eigenvalue weighted by molar-refractivity contribution is -0.120. The average Bonchev–Trinajstić information content (AvgIpc) is 2.53. The third kappa shape index (κ3) is 5.26. The number of amides is 1. The second-order valence-corrected chi connectivity index (χ2v) is 4.80. The number of methoxy groups -OCH3 is 1. The first-order chi connectivity index (χ1) is 10.3. The first-order valence-electron chi connectivity index (χ1n) is 7.07. The van der Waals surface area contributed by atoms with Gasteiger partial charge in [0.05, 0.1) is 13.5 Å². The van der Waals surface area contributed by atoms with Gasteiger partial charge in [-0.05, 0) is 42.7 Å². The average molecular weight is 284 g/mol. The van der Waals surface area contributed by atoms with Crippen LogP contribution >= 0.6 is 0 Å². The second kappa shape index (κ2) is 8.04. The van der Waals surface area contributed by atoms with Gasteiger partial charge in [0, 0.05) is 18.4 Å². The van der Waals surface area contributed by atoms with E-state index in [0.29, 0.717) is 13.0 Å². The van der Waals surface area contributed by atoms with Gasteiger partial charge < -0.3 is 10.1 Å². The van der Waals surface area contributed by atoms with Crippen molar-refractivity contribution in [2.24, 2.45) is 0 Å². The molecule has 1 heterocycles. The van der Waals surface area contributed by atoms with Crippen molar-refractivity contribution in [2.75, 3.05) is 13.7 Å². The van der Waals surface area contributed by atoms with E-state index in [1.54, 1.807) is 13.3 Å². The Balaban J connectivity index is 1.67. The zero-order valence-corrected chi connectivity index (χ0v) is 12.2. The quantitative estimate of drug-likeness (QED) is 0.794. The topological polar surface area (TPSA) is 51.2 Å². The molecule has 0 unspecified atom stereocenters. The van der Waals surface area contributed by atoms with E-state index in [2.05, 4.69) is 10.3 Å². The van der Waals surface area contributed by atoms with Crippen LogP contribution in [0.4, 0.5) is 0 Å². The fourth-order valence-corrected chi connectivity index (χ4v) is 2.03. The number of aryl methyl sites for hydroxylation is 1. The third-order valence-corrected chi connectivity index (χ3v) is 3.18. The maximum atomic E-state index is 11.8. The third-order valence-electron chi connectivity index (χ3n) is 3.18. The Hall–Kier alpha value is -2.36. The highest BCUT2D eigenvalue weighted by Crippen LogP contribution is 2.11. The molecule has 0 fully saturated rings. The summed E-state index contributed by atoms with van der Waals surface area (Å²) in [6.07, 6.45) is 3.96. The molecule has 0 radical (unpaired) electrons. The minimum Gasteiger partial charge on any atom is -0.497 e. The van der Waals surface area contributed by atoms with E-state index in [9.17, 15) is 4.79 Å². The van der Waals surface area contributed by atoms with Crippen LogP contribution in [0.5, 0.6) is 5.75 Å². The first kappa shape index (κ1) is 15.0. The number of ether oxygens (including phenoxy) is 1. The van der Waals surface area contributed by atoms with Crippen molar-refractivity contribution in [2.45, 2.75) is 19.3 Å². The van der Waals surface area contributed by atoms with Crippen LogP contribution in [-0.4, -0.2) is 24.5 Å². The van der Waals surface area contributed by atoms with E-state index in [1.807, 2.05) is 42.5 Å². The number of pyridine rings is 1. The fraction of sp³-hybridized carbons (Fsp3) is 0.294. The van der Waals surface area contributed by atoms with Gasteiger partial charge in [0.1, 0.15) is 5.75 Å². The predicted molar refractivity (Wildman–Crippen MR) is 82.3 cm³/mol. The molecule has 0 atom stereocenters. The molecule has 21 heavy (non-hydrogen) atoms. The maximum absolute atomic E-state index is 11.8. The second-order valence-electron chi connectivity index (χ2n) is 4.80. The van der Waals surface area contributed by atoms with Crippen molar-refractivity contribution >= 4 is 5.91 Å². The van der Waals surface area contributed by atoms with Crippen LogP contribution in [0.15, 0.2) is 48.7 Å². The van der Waals surface area contributed by atoms with E-state index >= 15 is 0 Å². The van der Waals surface area contributed by atoms with Crippen molar-refractivity contribution in [3.05, 3.63) is 59.9 Å². The van der Waals surface area contributed by atoms with Gasteiger partial charge in [-0.25, -0.2) is 0 Å². The smallest absolute Gasteiger partial charge is 0.224 e. The molecule has 2 rings (SSSR count). The number of hydrogen-bond donors (Lipinski definition) is 1. The lowest BCUT2D eigenvalue weighted by Gasteiger charge is -2.06. The van der Waals surface area contributed by atoms with Crippen LogP contribution in [0.2, 0.25) is 0 Å². The van der Waals surface area contributed by atoms with Crippen LogP contribution in [0.25, 0.3) is 0 Å². The molecular weight excluding hydrogens is 264 g/mol. The van der Waals surface area contributed by atoms with E-state index in [-0.39, 0.29) is 5.91 Å². The van der Waals surface area contributed by atoms with E-state index in [0.717, 1.165) is 29.8 Å².